The Kier molecular flexibility index (Phi) is 3.76. The molecule has 0 saturated heterocycles. The minimum absolute atomic E-state index is 0.192. The van der Waals surface area contributed by atoms with E-state index in [1.165, 1.54) is 0 Å². The molecular weight excluding hydrogens is 182 g/mol. The van der Waals surface area contributed by atoms with Crippen molar-refractivity contribution >= 4 is 17.7 Å². The van der Waals surface area contributed by atoms with Crippen LogP contribution in [0.1, 0.15) is 6.92 Å². The summed E-state index contributed by atoms with van der Waals surface area (Å²) in [6.07, 6.45) is 5.55. The molecule has 0 radical (unpaired) electrons. The topological polar surface area (TPSA) is 37.8 Å². The van der Waals surface area contributed by atoms with Crippen LogP contribution in [0.25, 0.3) is 0 Å². The minimum atomic E-state index is 0.192. The molecule has 3 nitrogen and oxygen atoms in total. The molecule has 0 aliphatic rings. The number of nitrogens with one attached hydrogen (secondary N) is 1. The molecule has 1 rings (SSSR count). The molecule has 0 aromatic carbocycles. The van der Waals surface area contributed by atoms with E-state index >= 15 is 0 Å². The van der Waals surface area contributed by atoms with Crippen LogP contribution in [0.4, 0.5) is 5.95 Å². The molecule has 0 aliphatic carbocycles. The maximum Gasteiger partial charge on any atom is 0.224 e. The Morgan fingerprint density at radius 1 is 1.69 bits per heavy atom. The molecule has 4 heteroatoms. The van der Waals surface area contributed by atoms with Crippen molar-refractivity contribution in [3.05, 3.63) is 24.9 Å². The third-order valence-corrected chi connectivity index (χ3v) is 2.20. The van der Waals surface area contributed by atoms with E-state index in [0.717, 1.165) is 5.03 Å². The van der Waals surface area contributed by atoms with E-state index in [2.05, 4.69) is 21.9 Å². The largest absolute Gasteiger partial charge is 0.348 e. The van der Waals surface area contributed by atoms with Gasteiger partial charge in [-0.15, -0.1) is 18.3 Å². The van der Waals surface area contributed by atoms with Crippen molar-refractivity contribution in [3.63, 3.8) is 0 Å². The van der Waals surface area contributed by atoms with Crippen LogP contribution in [0.2, 0.25) is 0 Å². The van der Waals surface area contributed by atoms with Gasteiger partial charge in [-0.3, -0.25) is 0 Å². The maximum absolute atomic E-state index is 4.27. The molecule has 0 aliphatic heterocycles. The third-order valence-electron chi connectivity index (χ3n) is 1.55. The molecule has 0 saturated carbocycles. The molecule has 0 amide bonds. The van der Waals surface area contributed by atoms with Crippen LogP contribution in [0.3, 0.4) is 0 Å². The molecule has 0 bridgehead atoms. The SMILES string of the molecule is C=CC(C)Nc1nccc(SC)n1. The fourth-order valence-corrected chi connectivity index (χ4v) is 1.16. The highest BCUT2D eigenvalue weighted by atomic mass is 32.2. The van der Waals surface area contributed by atoms with Gasteiger partial charge in [0.2, 0.25) is 5.95 Å². The van der Waals surface area contributed by atoms with Gasteiger partial charge in [0.05, 0.1) is 0 Å². The summed E-state index contributed by atoms with van der Waals surface area (Å²) in [7, 11) is 0. The minimum Gasteiger partial charge on any atom is -0.348 e. The number of thioether (sulfide) groups is 1. The number of nitrogens with zero attached hydrogens (tertiary/aromatic N) is 2. The summed E-state index contributed by atoms with van der Waals surface area (Å²) in [6.45, 7) is 5.68. The number of rotatable bonds is 4. The van der Waals surface area contributed by atoms with Crippen LogP contribution in [0, 0.1) is 0 Å². The third kappa shape index (κ3) is 3.06. The molecule has 0 fully saturated rings. The Balaban J connectivity index is 2.71. The van der Waals surface area contributed by atoms with Gasteiger partial charge in [0.15, 0.2) is 0 Å². The van der Waals surface area contributed by atoms with Crippen molar-refractivity contribution in [2.24, 2.45) is 0 Å². The second kappa shape index (κ2) is 4.87. The smallest absolute Gasteiger partial charge is 0.224 e. The standard InChI is InChI=1S/C9H13N3S/c1-4-7(2)11-9-10-6-5-8(12-9)13-3/h4-7H,1H2,2-3H3,(H,10,11,12). The van der Waals surface area contributed by atoms with Gasteiger partial charge >= 0.3 is 0 Å². The van der Waals surface area contributed by atoms with Gasteiger partial charge in [-0.2, -0.15) is 0 Å². The lowest BCUT2D eigenvalue weighted by Gasteiger charge is -2.08. The van der Waals surface area contributed by atoms with Gasteiger partial charge in [-0.1, -0.05) is 6.08 Å². The Hall–Kier alpha value is -1.03. The summed E-state index contributed by atoms with van der Waals surface area (Å²) in [6, 6.07) is 2.08. The van der Waals surface area contributed by atoms with Gasteiger partial charge in [0.1, 0.15) is 5.03 Å². The fraction of sp³-hybridized carbons (Fsp3) is 0.333. The summed E-state index contributed by atoms with van der Waals surface area (Å²) in [5.41, 5.74) is 0. The van der Waals surface area contributed by atoms with E-state index in [1.807, 2.05) is 25.3 Å². The molecule has 13 heavy (non-hydrogen) atoms. The van der Waals surface area contributed by atoms with Crippen molar-refractivity contribution in [2.45, 2.75) is 18.0 Å². The zero-order valence-corrected chi connectivity index (χ0v) is 8.64. The van der Waals surface area contributed by atoms with E-state index < -0.39 is 0 Å². The van der Waals surface area contributed by atoms with Crippen LogP contribution < -0.4 is 5.32 Å². The van der Waals surface area contributed by atoms with Gasteiger partial charge in [0.25, 0.3) is 0 Å². The molecular formula is C9H13N3S. The maximum atomic E-state index is 4.27. The van der Waals surface area contributed by atoms with Crippen molar-refractivity contribution in [3.8, 4) is 0 Å². The number of aromatic nitrogens is 2. The zero-order valence-electron chi connectivity index (χ0n) is 7.82. The lowest BCUT2D eigenvalue weighted by Crippen LogP contribution is -2.13. The monoisotopic (exact) mass is 195 g/mol. The first-order valence-electron chi connectivity index (χ1n) is 4.02. The highest BCUT2D eigenvalue weighted by Crippen LogP contribution is 2.12. The van der Waals surface area contributed by atoms with Crippen LogP contribution in [0.5, 0.6) is 0 Å². The highest BCUT2D eigenvalue weighted by Gasteiger charge is 1.99. The normalized spacial score (nSPS) is 12.2. The van der Waals surface area contributed by atoms with Crippen LogP contribution in [-0.4, -0.2) is 22.3 Å². The summed E-state index contributed by atoms with van der Waals surface area (Å²) < 4.78 is 0. The fourth-order valence-electron chi connectivity index (χ4n) is 0.788. The molecule has 1 aromatic rings. The Bertz CT molecular complexity index is 288. The van der Waals surface area contributed by atoms with E-state index in [-0.39, 0.29) is 6.04 Å². The van der Waals surface area contributed by atoms with Crippen molar-refractivity contribution in [1.82, 2.24) is 9.97 Å². The predicted octanol–water partition coefficient (Wildman–Crippen LogP) is 2.18. The predicted molar refractivity (Wildman–Crippen MR) is 57.1 cm³/mol. The van der Waals surface area contributed by atoms with E-state index in [0.29, 0.717) is 5.95 Å². The Labute approximate surface area is 82.7 Å². The molecule has 1 unspecified atom stereocenters. The van der Waals surface area contributed by atoms with Crippen LogP contribution in [-0.2, 0) is 0 Å². The lowest BCUT2D eigenvalue weighted by atomic mass is 10.3. The number of hydrogen-bond donors (Lipinski definition) is 1. The molecule has 1 N–H and O–H groups in total. The lowest BCUT2D eigenvalue weighted by molar-refractivity contribution is 0.934. The second-order valence-corrected chi connectivity index (χ2v) is 3.42. The summed E-state index contributed by atoms with van der Waals surface area (Å²) >= 11 is 1.60. The van der Waals surface area contributed by atoms with Gasteiger partial charge < -0.3 is 5.32 Å². The Morgan fingerprint density at radius 2 is 2.46 bits per heavy atom. The van der Waals surface area contributed by atoms with Crippen LogP contribution in [0.15, 0.2) is 29.9 Å². The zero-order chi connectivity index (χ0) is 9.68. The molecule has 1 heterocycles. The molecule has 0 spiro atoms. The van der Waals surface area contributed by atoms with Crippen molar-refractivity contribution in [2.75, 3.05) is 11.6 Å². The first-order chi connectivity index (χ1) is 6.26. The van der Waals surface area contributed by atoms with Crippen molar-refractivity contribution < 1.29 is 0 Å². The van der Waals surface area contributed by atoms with E-state index in [1.54, 1.807) is 18.0 Å². The highest BCUT2D eigenvalue weighted by molar-refractivity contribution is 7.98. The summed E-state index contributed by atoms with van der Waals surface area (Å²) in [5.74, 6) is 0.652. The molecule has 1 atom stereocenters. The summed E-state index contributed by atoms with van der Waals surface area (Å²) in [5, 5.41) is 4.08. The van der Waals surface area contributed by atoms with E-state index in [9.17, 15) is 0 Å². The van der Waals surface area contributed by atoms with E-state index in [4.69, 9.17) is 0 Å². The van der Waals surface area contributed by atoms with Gasteiger partial charge in [0, 0.05) is 12.2 Å². The van der Waals surface area contributed by atoms with Gasteiger partial charge in [-0.05, 0) is 19.2 Å². The number of hydrogen-bond acceptors (Lipinski definition) is 4. The number of anilines is 1. The molecule has 70 valence electrons. The Morgan fingerprint density at radius 3 is 3.08 bits per heavy atom. The first kappa shape index (κ1) is 10.1. The quantitative estimate of drug-likeness (QED) is 0.454. The second-order valence-electron chi connectivity index (χ2n) is 2.59. The van der Waals surface area contributed by atoms with Gasteiger partial charge in [-0.25, -0.2) is 9.97 Å². The molecule has 1 aromatic heterocycles. The average Bonchev–Trinajstić information content (AvgIpc) is 2.18. The summed E-state index contributed by atoms with van der Waals surface area (Å²) in [4.78, 5) is 8.36. The van der Waals surface area contributed by atoms with Crippen molar-refractivity contribution in [1.29, 1.82) is 0 Å². The van der Waals surface area contributed by atoms with Crippen LogP contribution >= 0.6 is 11.8 Å². The average molecular weight is 195 g/mol. The first-order valence-corrected chi connectivity index (χ1v) is 5.25.